The molecule has 0 aromatic heterocycles. The van der Waals surface area contributed by atoms with Crippen LogP contribution in [0.15, 0.2) is 12.2 Å². The Bertz CT molecular complexity index is 203. The fourth-order valence-electron chi connectivity index (χ4n) is 2.13. The molecule has 3 heteroatoms. The van der Waals surface area contributed by atoms with Gasteiger partial charge in [0.25, 0.3) is 0 Å². The van der Waals surface area contributed by atoms with Crippen molar-refractivity contribution < 1.29 is 8.39 Å². The SMILES string of the molecule is C=C1C[C@H]2CCC[C@@H]2OS(=O)C1. The number of rotatable bonds is 0. The fourth-order valence-corrected chi connectivity index (χ4v) is 3.18. The summed E-state index contributed by atoms with van der Waals surface area (Å²) in [6.07, 6.45) is 4.81. The molecule has 2 rings (SSSR count). The van der Waals surface area contributed by atoms with E-state index in [9.17, 15) is 4.21 Å². The molecule has 0 N–H and O–H groups in total. The smallest absolute Gasteiger partial charge is 0.159 e. The number of hydrogen-bond acceptors (Lipinski definition) is 2. The standard InChI is InChI=1S/C9H14O2S/c1-7-5-8-3-2-4-9(8)11-12(10)6-7/h8-9H,1-6H2/t8-,9+,12?/m1/s1. The molecular formula is C9H14O2S. The normalized spacial score (nSPS) is 42.3. The Balaban J connectivity index is 2.12. The van der Waals surface area contributed by atoms with Crippen LogP contribution in [0, 0.1) is 5.92 Å². The summed E-state index contributed by atoms with van der Waals surface area (Å²) >= 11 is -1.10. The van der Waals surface area contributed by atoms with E-state index < -0.39 is 11.1 Å². The van der Waals surface area contributed by atoms with Crippen molar-refractivity contribution in [3.8, 4) is 0 Å². The van der Waals surface area contributed by atoms with Gasteiger partial charge in [0.2, 0.25) is 0 Å². The van der Waals surface area contributed by atoms with Crippen molar-refractivity contribution in [2.24, 2.45) is 5.92 Å². The van der Waals surface area contributed by atoms with Gasteiger partial charge in [-0.1, -0.05) is 18.6 Å². The minimum Gasteiger partial charge on any atom is -0.287 e. The first-order chi connectivity index (χ1) is 5.75. The maximum atomic E-state index is 11.3. The highest BCUT2D eigenvalue weighted by molar-refractivity contribution is 7.80. The Kier molecular flexibility index (Phi) is 2.33. The number of hydrogen-bond donors (Lipinski definition) is 0. The summed E-state index contributed by atoms with van der Waals surface area (Å²) in [6, 6.07) is 0. The van der Waals surface area contributed by atoms with E-state index in [0.29, 0.717) is 11.7 Å². The van der Waals surface area contributed by atoms with Crippen LogP contribution in [0.2, 0.25) is 0 Å². The molecule has 12 heavy (non-hydrogen) atoms. The van der Waals surface area contributed by atoms with Gasteiger partial charge in [0.15, 0.2) is 11.1 Å². The summed E-state index contributed by atoms with van der Waals surface area (Å²) in [5, 5.41) is 0. The second-order valence-electron chi connectivity index (χ2n) is 3.73. The quantitative estimate of drug-likeness (QED) is 0.539. The molecule has 0 bridgehead atoms. The van der Waals surface area contributed by atoms with Crippen molar-refractivity contribution in [3.63, 3.8) is 0 Å². The molecule has 0 amide bonds. The molecule has 1 aliphatic heterocycles. The molecule has 1 aliphatic carbocycles. The Morgan fingerprint density at radius 3 is 3.17 bits per heavy atom. The van der Waals surface area contributed by atoms with Crippen LogP contribution in [0.4, 0.5) is 0 Å². The van der Waals surface area contributed by atoms with Crippen molar-refractivity contribution in [3.05, 3.63) is 12.2 Å². The lowest BCUT2D eigenvalue weighted by Crippen LogP contribution is -2.16. The molecule has 2 aliphatic rings. The topological polar surface area (TPSA) is 26.3 Å². The van der Waals surface area contributed by atoms with Gasteiger partial charge in [-0.3, -0.25) is 4.18 Å². The molecule has 2 nitrogen and oxygen atoms in total. The molecule has 1 unspecified atom stereocenters. The second-order valence-corrected chi connectivity index (χ2v) is 4.82. The van der Waals surface area contributed by atoms with Gasteiger partial charge in [-0.05, 0) is 25.2 Å². The highest BCUT2D eigenvalue weighted by Crippen LogP contribution is 2.35. The van der Waals surface area contributed by atoms with Crippen molar-refractivity contribution in [2.45, 2.75) is 31.8 Å². The average Bonchev–Trinajstić information content (AvgIpc) is 2.31. The van der Waals surface area contributed by atoms with Crippen molar-refractivity contribution in [1.29, 1.82) is 0 Å². The third-order valence-electron chi connectivity index (χ3n) is 2.69. The predicted molar refractivity (Wildman–Crippen MR) is 49.0 cm³/mol. The first-order valence-corrected chi connectivity index (χ1v) is 5.72. The summed E-state index contributed by atoms with van der Waals surface area (Å²) in [5.74, 6) is 1.15. The van der Waals surface area contributed by atoms with Gasteiger partial charge in [0, 0.05) is 0 Å². The maximum absolute atomic E-state index is 11.3. The molecule has 1 heterocycles. The summed E-state index contributed by atoms with van der Waals surface area (Å²) < 4.78 is 16.7. The van der Waals surface area contributed by atoms with Crippen LogP contribution < -0.4 is 0 Å². The van der Waals surface area contributed by atoms with E-state index in [1.165, 1.54) is 12.8 Å². The van der Waals surface area contributed by atoms with E-state index in [1.807, 2.05) is 0 Å². The molecule has 68 valence electrons. The molecule has 0 spiro atoms. The van der Waals surface area contributed by atoms with Crippen LogP contribution in [0.5, 0.6) is 0 Å². The molecule has 0 aromatic rings. The highest BCUT2D eigenvalue weighted by Gasteiger charge is 2.32. The lowest BCUT2D eigenvalue weighted by molar-refractivity contribution is 0.185. The molecular weight excluding hydrogens is 172 g/mol. The summed E-state index contributed by atoms with van der Waals surface area (Å²) in [6.45, 7) is 3.91. The third kappa shape index (κ3) is 1.62. The average molecular weight is 186 g/mol. The van der Waals surface area contributed by atoms with Crippen LogP contribution in [-0.4, -0.2) is 16.1 Å². The van der Waals surface area contributed by atoms with E-state index in [2.05, 4.69) is 6.58 Å². The van der Waals surface area contributed by atoms with Gasteiger partial charge in [-0.15, -0.1) is 0 Å². The van der Waals surface area contributed by atoms with Crippen LogP contribution >= 0.6 is 0 Å². The minimum absolute atomic E-state index is 0.255. The fraction of sp³-hybridized carbons (Fsp3) is 0.778. The molecule has 0 aromatic carbocycles. The number of fused-ring (bicyclic) bond motifs is 1. The van der Waals surface area contributed by atoms with E-state index in [-0.39, 0.29) is 6.10 Å². The first-order valence-electron chi connectivity index (χ1n) is 4.48. The van der Waals surface area contributed by atoms with Gasteiger partial charge >= 0.3 is 0 Å². The van der Waals surface area contributed by atoms with Gasteiger partial charge in [0.05, 0.1) is 11.9 Å². The zero-order valence-corrected chi connectivity index (χ0v) is 7.94. The Morgan fingerprint density at radius 2 is 2.33 bits per heavy atom. The van der Waals surface area contributed by atoms with Crippen LogP contribution in [0.25, 0.3) is 0 Å². The zero-order valence-electron chi connectivity index (χ0n) is 7.12. The van der Waals surface area contributed by atoms with Gasteiger partial charge in [-0.2, -0.15) is 0 Å². The molecule has 2 fully saturated rings. The first kappa shape index (κ1) is 8.45. The molecule has 0 radical (unpaired) electrons. The Labute approximate surface area is 75.7 Å². The van der Waals surface area contributed by atoms with Crippen molar-refractivity contribution in [2.75, 3.05) is 5.75 Å². The largest absolute Gasteiger partial charge is 0.287 e. The third-order valence-corrected chi connectivity index (χ3v) is 3.80. The monoisotopic (exact) mass is 186 g/mol. The lowest BCUT2D eigenvalue weighted by Gasteiger charge is -2.13. The van der Waals surface area contributed by atoms with Crippen LogP contribution in [0.3, 0.4) is 0 Å². The summed E-state index contributed by atoms with van der Waals surface area (Å²) in [5.41, 5.74) is 1.10. The van der Waals surface area contributed by atoms with E-state index in [0.717, 1.165) is 18.4 Å². The van der Waals surface area contributed by atoms with Gasteiger partial charge < -0.3 is 0 Å². The zero-order chi connectivity index (χ0) is 8.55. The maximum Gasteiger partial charge on any atom is 0.159 e. The molecule has 1 saturated heterocycles. The Hall–Kier alpha value is -0.150. The van der Waals surface area contributed by atoms with Gasteiger partial charge in [0.1, 0.15) is 0 Å². The second kappa shape index (κ2) is 3.30. The highest BCUT2D eigenvalue weighted by atomic mass is 32.2. The molecule has 1 saturated carbocycles. The summed E-state index contributed by atoms with van der Waals surface area (Å²) in [4.78, 5) is 0. The van der Waals surface area contributed by atoms with Crippen molar-refractivity contribution in [1.82, 2.24) is 0 Å². The molecule has 3 atom stereocenters. The Morgan fingerprint density at radius 1 is 1.50 bits per heavy atom. The minimum atomic E-state index is -1.10. The van der Waals surface area contributed by atoms with Gasteiger partial charge in [-0.25, -0.2) is 4.21 Å². The van der Waals surface area contributed by atoms with Crippen molar-refractivity contribution >= 4 is 11.1 Å². The summed E-state index contributed by atoms with van der Waals surface area (Å²) in [7, 11) is 0. The van der Waals surface area contributed by atoms with Crippen LogP contribution in [-0.2, 0) is 15.3 Å². The predicted octanol–water partition coefficient (Wildman–Crippen LogP) is 1.80. The van der Waals surface area contributed by atoms with E-state index in [4.69, 9.17) is 4.18 Å². The van der Waals surface area contributed by atoms with E-state index in [1.54, 1.807) is 0 Å². The lowest BCUT2D eigenvalue weighted by atomic mass is 9.98. The van der Waals surface area contributed by atoms with Crippen LogP contribution in [0.1, 0.15) is 25.7 Å². The van der Waals surface area contributed by atoms with E-state index >= 15 is 0 Å².